The number of ether oxygens (including phenoxy) is 3. The van der Waals surface area contributed by atoms with Gasteiger partial charge in [0.25, 0.3) is 0 Å². The fourth-order valence-electron chi connectivity index (χ4n) is 2.25. The lowest BCUT2D eigenvalue weighted by Gasteiger charge is -2.11. The Bertz CT molecular complexity index is 484. The molecular weight excluding hydrogens is 457 g/mol. The Morgan fingerprint density at radius 3 is 2.30 bits per heavy atom. The van der Waals surface area contributed by atoms with Crippen LogP contribution in [0.5, 0.6) is 5.75 Å². The molecule has 7 heteroatoms. The summed E-state index contributed by atoms with van der Waals surface area (Å²) in [5.74, 6) is 1.70. The van der Waals surface area contributed by atoms with Gasteiger partial charge < -0.3 is 24.8 Å². The zero-order valence-electron chi connectivity index (χ0n) is 17.0. The van der Waals surface area contributed by atoms with Gasteiger partial charge in [0, 0.05) is 19.7 Å². The summed E-state index contributed by atoms with van der Waals surface area (Å²) >= 11 is 0. The summed E-state index contributed by atoms with van der Waals surface area (Å²) in [5, 5.41) is 6.60. The number of rotatable bonds is 14. The van der Waals surface area contributed by atoms with Crippen LogP contribution in [0, 0.1) is 0 Å². The van der Waals surface area contributed by atoms with E-state index in [0.717, 1.165) is 50.7 Å². The molecule has 0 fully saturated rings. The maximum absolute atomic E-state index is 5.54. The first-order chi connectivity index (χ1) is 12.8. The van der Waals surface area contributed by atoms with Crippen molar-refractivity contribution in [1.29, 1.82) is 0 Å². The van der Waals surface area contributed by atoms with E-state index in [1.54, 1.807) is 7.11 Å². The average Bonchev–Trinajstić information content (AvgIpc) is 2.67. The third kappa shape index (κ3) is 13.7. The van der Waals surface area contributed by atoms with Gasteiger partial charge in [-0.25, -0.2) is 0 Å². The number of unbranched alkanes of at least 4 members (excludes halogenated alkanes) is 1. The molecule has 0 amide bonds. The Kier molecular flexibility index (Phi) is 17.6. The Labute approximate surface area is 181 Å². The Morgan fingerprint density at radius 2 is 1.67 bits per heavy atom. The molecular formula is C20H36IN3O3. The van der Waals surface area contributed by atoms with Crippen molar-refractivity contribution >= 4 is 29.9 Å². The zero-order valence-corrected chi connectivity index (χ0v) is 19.3. The van der Waals surface area contributed by atoms with Crippen LogP contribution in [-0.4, -0.2) is 59.1 Å². The number of methoxy groups -OCH3 is 1. The van der Waals surface area contributed by atoms with Crippen LogP contribution in [0.25, 0.3) is 0 Å². The largest absolute Gasteiger partial charge is 0.497 e. The number of hydrogen-bond acceptors (Lipinski definition) is 4. The third-order valence-corrected chi connectivity index (χ3v) is 3.73. The van der Waals surface area contributed by atoms with Crippen molar-refractivity contribution < 1.29 is 14.2 Å². The first-order valence-electron chi connectivity index (χ1n) is 9.60. The molecule has 0 aromatic heterocycles. The molecule has 0 bridgehead atoms. The molecule has 0 saturated heterocycles. The van der Waals surface area contributed by atoms with Crippen molar-refractivity contribution in [1.82, 2.24) is 10.6 Å². The molecule has 0 aliphatic carbocycles. The molecule has 1 aromatic rings. The standard InChI is InChI=1S/C20H35N3O3.HI/c1-4-6-14-25-16-17-26-15-13-23-20(21-5-2)22-12-11-18-7-9-19(24-3)10-8-18;/h7-10H,4-6,11-17H2,1-3H3,(H2,21,22,23);1H. The molecule has 0 unspecified atom stereocenters. The van der Waals surface area contributed by atoms with Crippen LogP contribution in [-0.2, 0) is 15.9 Å². The summed E-state index contributed by atoms with van der Waals surface area (Å²) < 4.78 is 16.2. The van der Waals surface area contributed by atoms with E-state index < -0.39 is 0 Å². The predicted octanol–water partition coefficient (Wildman–Crippen LogP) is 3.24. The summed E-state index contributed by atoms with van der Waals surface area (Å²) in [6.45, 7) is 9.21. The molecule has 1 rings (SSSR count). The second kappa shape index (κ2) is 18.3. The molecule has 156 valence electrons. The van der Waals surface area contributed by atoms with E-state index in [0.29, 0.717) is 26.4 Å². The van der Waals surface area contributed by atoms with Crippen LogP contribution < -0.4 is 15.4 Å². The summed E-state index contributed by atoms with van der Waals surface area (Å²) in [7, 11) is 1.68. The van der Waals surface area contributed by atoms with E-state index in [4.69, 9.17) is 14.2 Å². The smallest absolute Gasteiger partial charge is 0.191 e. The van der Waals surface area contributed by atoms with Gasteiger partial charge in [0.05, 0.1) is 33.5 Å². The summed E-state index contributed by atoms with van der Waals surface area (Å²) in [4.78, 5) is 4.53. The van der Waals surface area contributed by atoms with Gasteiger partial charge in [-0.05, 0) is 37.5 Å². The van der Waals surface area contributed by atoms with Gasteiger partial charge >= 0.3 is 0 Å². The van der Waals surface area contributed by atoms with Crippen molar-refractivity contribution in [3.05, 3.63) is 29.8 Å². The Balaban J connectivity index is 0.00000676. The van der Waals surface area contributed by atoms with Gasteiger partial charge in [0.2, 0.25) is 0 Å². The van der Waals surface area contributed by atoms with Gasteiger partial charge in [-0.2, -0.15) is 0 Å². The molecule has 0 heterocycles. The molecule has 6 nitrogen and oxygen atoms in total. The minimum absolute atomic E-state index is 0. The normalized spacial score (nSPS) is 11.0. The lowest BCUT2D eigenvalue weighted by molar-refractivity contribution is 0.0497. The second-order valence-electron chi connectivity index (χ2n) is 5.86. The van der Waals surface area contributed by atoms with Gasteiger partial charge in [-0.3, -0.25) is 4.99 Å². The maximum Gasteiger partial charge on any atom is 0.191 e. The number of nitrogens with zero attached hydrogens (tertiary/aromatic N) is 1. The minimum Gasteiger partial charge on any atom is -0.497 e. The van der Waals surface area contributed by atoms with Gasteiger partial charge in [-0.1, -0.05) is 25.5 Å². The monoisotopic (exact) mass is 493 g/mol. The quantitative estimate of drug-likeness (QED) is 0.180. The molecule has 2 N–H and O–H groups in total. The first-order valence-corrected chi connectivity index (χ1v) is 9.60. The average molecular weight is 493 g/mol. The SMILES string of the molecule is CCCCOCCOCCN=C(NCC)NCCc1ccc(OC)cc1.I. The van der Waals surface area contributed by atoms with E-state index in [2.05, 4.69) is 41.6 Å². The van der Waals surface area contributed by atoms with Gasteiger partial charge in [0.1, 0.15) is 5.75 Å². The van der Waals surface area contributed by atoms with E-state index in [-0.39, 0.29) is 24.0 Å². The maximum atomic E-state index is 5.54. The number of aliphatic imine (C=N–C) groups is 1. The fourth-order valence-corrected chi connectivity index (χ4v) is 2.25. The van der Waals surface area contributed by atoms with Crippen molar-refractivity contribution in [2.24, 2.45) is 4.99 Å². The topological polar surface area (TPSA) is 64.1 Å². The van der Waals surface area contributed by atoms with E-state index in [1.807, 2.05) is 12.1 Å². The summed E-state index contributed by atoms with van der Waals surface area (Å²) in [6, 6.07) is 8.14. The number of halogens is 1. The van der Waals surface area contributed by atoms with E-state index in [9.17, 15) is 0 Å². The second-order valence-corrected chi connectivity index (χ2v) is 5.86. The fraction of sp³-hybridized carbons (Fsp3) is 0.650. The van der Waals surface area contributed by atoms with Crippen LogP contribution in [0.2, 0.25) is 0 Å². The van der Waals surface area contributed by atoms with E-state index in [1.165, 1.54) is 5.56 Å². The highest BCUT2D eigenvalue weighted by Gasteiger charge is 1.99. The highest BCUT2D eigenvalue weighted by molar-refractivity contribution is 14.0. The van der Waals surface area contributed by atoms with Crippen LogP contribution >= 0.6 is 24.0 Å². The van der Waals surface area contributed by atoms with Crippen LogP contribution in [0.1, 0.15) is 32.3 Å². The molecule has 1 aromatic carbocycles. The number of nitrogens with one attached hydrogen (secondary N) is 2. The molecule has 0 spiro atoms. The third-order valence-electron chi connectivity index (χ3n) is 3.73. The lowest BCUT2D eigenvalue weighted by Crippen LogP contribution is -2.38. The molecule has 0 aliphatic heterocycles. The minimum atomic E-state index is 0. The Hall–Kier alpha value is -1.06. The predicted molar refractivity (Wildman–Crippen MR) is 123 cm³/mol. The zero-order chi connectivity index (χ0) is 18.9. The van der Waals surface area contributed by atoms with Crippen molar-refractivity contribution in [2.45, 2.75) is 33.1 Å². The van der Waals surface area contributed by atoms with Crippen LogP contribution in [0.4, 0.5) is 0 Å². The number of hydrogen-bond donors (Lipinski definition) is 2. The summed E-state index contributed by atoms with van der Waals surface area (Å²) in [6.07, 6.45) is 3.20. The van der Waals surface area contributed by atoms with Gasteiger partial charge in [-0.15, -0.1) is 24.0 Å². The first kappa shape index (κ1) is 25.9. The van der Waals surface area contributed by atoms with Crippen molar-refractivity contribution in [2.75, 3.05) is 53.2 Å². The molecule has 27 heavy (non-hydrogen) atoms. The number of guanidine groups is 1. The molecule has 0 atom stereocenters. The number of benzene rings is 1. The van der Waals surface area contributed by atoms with Crippen molar-refractivity contribution in [3.8, 4) is 5.75 Å². The lowest BCUT2D eigenvalue weighted by atomic mass is 10.1. The molecule has 0 radical (unpaired) electrons. The van der Waals surface area contributed by atoms with E-state index >= 15 is 0 Å². The van der Waals surface area contributed by atoms with Crippen molar-refractivity contribution in [3.63, 3.8) is 0 Å². The van der Waals surface area contributed by atoms with Gasteiger partial charge in [0.15, 0.2) is 5.96 Å². The van der Waals surface area contributed by atoms with Crippen LogP contribution in [0.15, 0.2) is 29.3 Å². The molecule has 0 saturated carbocycles. The molecule has 0 aliphatic rings. The highest BCUT2D eigenvalue weighted by Crippen LogP contribution is 2.11. The van der Waals surface area contributed by atoms with Crippen LogP contribution in [0.3, 0.4) is 0 Å². The summed E-state index contributed by atoms with van der Waals surface area (Å²) in [5.41, 5.74) is 1.26. The highest BCUT2D eigenvalue weighted by atomic mass is 127. The Morgan fingerprint density at radius 1 is 0.963 bits per heavy atom.